The molecule has 0 fully saturated rings. The molecule has 2 heterocycles. The molecule has 3 rings (SSSR count). The van der Waals surface area contributed by atoms with Crippen molar-refractivity contribution in [1.29, 1.82) is 0 Å². The van der Waals surface area contributed by atoms with Crippen molar-refractivity contribution in [2.45, 2.75) is 13.8 Å². The standard InChI is InChI=1S/C16H14N2O4/c1-3-21-15(19)12-10-5-6-11-9(7-8-17-11)13(10)18-14(12)16(20)22-4-2/h5-8H,3-4H2,1-2H3. The third-order valence-corrected chi connectivity index (χ3v) is 3.33. The molecular formula is C16H14N2O4. The monoisotopic (exact) mass is 298 g/mol. The normalized spacial score (nSPS) is 14.1. The smallest absolute Gasteiger partial charge is 0.357 e. The van der Waals surface area contributed by atoms with Crippen LogP contribution in [0, 0.1) is 0 Å². The first-order chi connectivity index (χ1) is 10.7. The van der Waals surface area contributed by atoms with Crippen LogP contribution in [0.25, 0.3) is 11.6 Å². The summed E-state index contributed by atoms with van der Waals surface area (Å²) in [5.41, 5.74) is 1.47. The van der Waals surface area contributed by atoms with Gasteiger partial charge in [-0.1, -0.05) is 0 Å². The number of rotatable bonds is 4. The highest BCUT2D eigenvalue weighted by molar-refractivity contribution is 6.23. The van der Waals surface area contributed by atoms with Crippen molar-refractivity contribution in [2.75, 3.05) is 13.2 Å². The fourth-order valence-electron chi connectivity index (χ4n) is 2.44. The van der Waals surface area contributed by atoms with E-state index in [4.69, 9.17) is 9.47 Å². The van der Waals surface area contributed by atoms with Gasteiger partial charge in [0, 0.05) is 17.0 Å². The molecule has 0 saturated heterocycles. The molecular weight excluding hydrogens is 284 g/mol. The van der Waals surface area contributed by atoms with Crippen molar-refractivity contribution in [1.82, 2.24) is 0 Å². The van der Waals surface area contributed by atoms with E-state index in [1.165, 1.54) is 0 Å². The van der Waals surface area contributed by atoms with Crippen molar-refractivity contribution in [2.24, 2.45) is 9.98 Å². The van der Waals surface area contributed by atoms with Crippen molar-refractivity contribution in [3.63, 3.8) is 0 Å². The SMILES string of the molecule is CCOC(=O)C1=C(C(=O)OCC)c2ccc3c(c2=N1)=CC=N3. The van der Waals surface area contributed by atoms with E-state index in [2.05, 4.69) is 9.98 Å². The lowest BCUT2D eigenvalue weighted by Gasteiger charge is -2.06. The van der Waals surface area contributed by atoms with Gasteiger partial charge in [0.15, 0.2) is 5.70 Å². The molecule has 6 nitrogen and oxygen atoms in total. The largest absolute Gasteiger partial charge is 0.462 e. The first kappa shape index (κ1) is 14.2. The molecule has 1 aromatic rings. The molecule has 0 atom stereocenters. The van der Waals surface area contributed by atoms with Crippen molar-refractivity contribution in [3.05, 3.63) is 34.0 Å². The summed E-state index contributed by atoms with van der Waals surface area (Å²) in [7, 11) is 0. The van der Waals surface area contributed by atoms with Gasteiger partial charge in [-0.15, -0.1) is 0 Å². The van der Waals surface area contributed by atoms with Crippen LogP contribution in [0.2, 0.25) is 0 Å². The van der Waals surface area contributed by atoms with Crippen LogP contribution in [-0.4, -0.2) is 31.4 Å². The Kier molecular flexibility index (Phi) is 3.58. The van der Waals surface area contributed by atoms with Gasteiger partial charge < -0.3 is 9.47 Å². The molecule has 0 aliphatic carbocycles. The fourth-order valence-corrected chi connectivity index (χ4v) is 2.44. The Morgan fingerprint density at radius 3 is 2.55 bits per heavy atom. The molecule has 0 aromatic heterocycles. The van der Waals surface area contributed by atoms with Crippen LogP contribution in [0.4, 0.5) is 5.69 Å². The van der Waals surface area contributed by atoms with E-state index in [-0.39, 0.29) is 24.5 Å². The predicted molar refractivity (Wildman–Crippen MR) is 80.0 cm³/mol. The van der Waals surface area contributed by atoms with Gasteiger partial charge in [0.25, 0.3) is 0 Å². The van der Waals surface area contributed by atoms with Gasteiger partial charge in [-0.25, -0.2) is 14.6 Å². The third-order valence-electron chi connectivity index (χ3n) is 3.33. The molecule has 0 spiro atoms. The summed E-state index contributed by atoms with van der Waals surface area (Å²) in [6.07, 6.45) is 3.46. The van der Waals surface area contributed by atoms with Crippen molar-refractivity contribution in [3.8, 4) is 0 Å². The van der Waals surface area contributed by atoms with Crippen LogP contribution in [0.3, 0.4) is 0 Å². The zero-order valence-electron chi connectivity index (χ0n) is 12.3. The summed E-state index contributed by atoms with van der Waals surface area (Å²) >= 11 is 0. The number of fused-ring (bicyclic) bond motifs is 3. The van der Waals surface area contributed by atoms with Crippen LogP contribution in [0.15, 0.2) is 27.8 Å². The number of esters is 2. The Balaban J connectivity index is 2.19. The highest BCUT2D eigenvalue weighted by Gasteiger charge is 2.30. The Bertz CT molecular complexity index is 850. The lowest BCUT2D eigenvalue weighted by molar-refractivity contribution is -0.140. The van der Waals surface area contributed by atoms with E-state index in [1.54, 1.807) is 38.3 Å². The van der Waals surface area contributed by atoms with Crippen LogP contribution in [0.1, 0.15) is 19.4 Å². The highest BCUT2D eigenvalue weighted by atomic mass is 16.5. The summed E-state index contributed by atoms with van der Waals surface area (Å²) in [4.78, 5) is 32.9. The number of aliphatic imine (C=N–C) groups is 1. The number of carbonyl (C=O) groups excluding carboxylic acids is 2. The topological polar surface area (TPSA) is 77.3 Å². The van der Waals surface area contributed by atoms with E-state index in [0.29, 0.717) is 10.9 Å². The molecule has 0 bridgehead atoms. The Hall–Kier alpha value is -2.76. The van der Waals surface area contributed by atoms with Crippen LogP contribution in [-0.2, 0) is 19.1 Å². The lowest BCUT2D eigenvalue weighted by Crippen LogP contribution is -2.26. The fraction of sp³-hybridized carbons (Fsp3) is 0.250. The van der Waals surface area contributed by atoms with Gasteiger partial charge in [0.2, 0.25) is 0 Å². The van der Waals surface area contributed by atoms with Gasteiger partial charge >= 0.3 is 11.9 Å². The van der Waals surface area contributed by atoms with Gasteiger partial charge in [-0.05, 0) is 32.1 Å². The molecule has 0 amide bonds. The van der Waals surface area contributed by atoms with Crippen molar-refractivity contribution < 1.29 is 19.1 Å². The highest BCUT2D eigenvalue weighted by Crippen LogP contribution is 2.25. The molecule has 6 heteroatoms. The van der Waals surface area contributed by atoms with E-state index in [1.807, 2.05) is 0 Å². The summed E-state index contributed by atoms with van der Waals surface area (Å²) in [5, 5.41) is 1.35. The zero-order valence-corrected chi connectivity index (χ0v) is 12.3. The Morgan fingerprint density at radius 1 is 1.09 bits per heavy atom. The van der Waals surface area contributed by atoms with E-state index >= 15 is 0 Å². The number of ether oxygens (including phenoxy) is 2. The number of hydrogen-bond donors (Lipinski definition) is 0. The molecule has 0 N–H and O–H groups in total. The molecule has 1 aromatic carbocycles. The van der Waals surface area contributed by atoms with E-state index in [0.717, 1.165) is 10.9 Å². The van der Waals surface area contributed by atoms with Gasteiger partial charge in [-0.2, -0.15) is 0 Å². The quantitative estimate of drug-likeness (QED) is 0.765. The minimum atomic E-state index is -0.630. The summed E-state index contributed by atoms with van der Waals surface area (Å²) < 4.78 is 10.0. The predicted octanol–water partition coefficient (Wildman–Crippen LogP) is 0.653. The minimum Gasteiger partial charge on any atom is -0.462 e. The molecule has 22 heavy (non-hydrogen) atoms. The lowest BCUT2D eigenvalue weighted by atomic mass is 10.0. The number of benzene rings is 1. The summed E-state index contributed by atoms with van der Waals surface area (Å²) in [6, 6.07) is 3.52. The van der Waals surface area contributed by atoms with E-state index in [9.17, 15) is 9.59 Å². The minimum absolute atomic E-state index is 0.0102. The first-order valence-corrected chi connectivity index (χ1v) is 7.02. The molecule has 112 valence electrons. The maximum absolute atomic E-state index is 12.2. The summed E-state index contributed by atoms with van der Waals surface area (Å²) in [6.45, 7) is 3.83. The molecule has 2 aliphatic heterocycles. The zero-order chi connectivity index (χ0) is 15.7. The van der Waals surface area contributed by atoms with Crippen LogP contribution in [0.5, 0.6) is 0 Å². The average molecular weight is 298 g/mol. The van der Waals surface area contributed by atoms with Crippen LogP contribution < -0.4 is 10.6 Å². The van der Waals surface area contributed by atoms with Gasteiger partial charge in [0.1, 0.15) is 5.57 Å². The second-order valence-corrected chi connectivity index (χ2v) is 4.62. The second kappa shape index (κ2) is 5.55. The number of carbonyl (C=O) groups is 2. The molecule has 0 unspecified atom stereocenters. The maximum atomic E-state index is 12.2. The van der Waals surface area contributed by atoms with E-state index < -0.39 is 11.9 Å². The van der Waals surface area contributed by atoms with Gasteiger partial charge in [0.05, 0.1) is 24.3 Å². The third kappa shape index (κ3) is 2.13. The number of nitrogens with zero attached hydrogens (tertiary/aromatic N) is 2. The molecule has 2 aliphatic rings. The molecule has 0 saturated carbocycles. The second-order valence-electron chi connectivity index (χ2n) is 4.62. The Labute approximate surface area is 126 Å². The summed E-state index contributed by atoms with van der Waals surface area (Å²) in [5.74, 6) is -1.21. The van der Waals surface area contributed by atoms with Gasteiger partial charge in [-0.3, -0.25) is 4.99 Å². The maximum Gasteiger partial charge on any atom is 0.357 e. The van der Waals surface area contributed by atoms with Crippen LogP contribution >= 0.6 is 0 Å². The van der Waals surface area contributed by atoms with Crippen molar-refractivity contribution >= 4 is 35.5 Å². The average Bonchev–Trinajstić information content (AvgIpc) is 3.11. The molecule has 0 radical (unpaired) electrons. The first-order valence-electron chi connectivity index (χ1n) is 7.02. The number of hydrogen-bond acceptors (Lipinski definition) is 6. The Morgan fingerprint density at radius 2 is 1.82 bits per heavy atom.